The van der Waals surface area contributed by atoms with Gasteiger partial charge in [0, 0.05) is 67.7 Å². The lowest BCUT2D eigenvalue weighted by Crippen LogP contribution is -2.32. The van der Waals surface area contributed by atoms with Gasteiger partial charge < -0.3 is 4.42 Å². The highest BCUT2D eigenvalue weighted by Gasteiger charge is 2.38. The lowest BCUT2D eigenvalue weighted by atomic mass is 9.83. The van der Waals surface area contributed by atoms with Gasteiger partial charge in [0.2, 0.25) is 5.69 Å². The van der Waals surface area contributed by atoms with Gasteiger partial charge in [0.25, 0.3) is 0 Å². The molecule has 3 aromatic heterocycles. The van der Waals surface area contributed by atoms with Crippen molar-refractivity contribution in [2.24, 2.45) is 7.05 Å². The van der Waals surface area contributed by atoms with Gasteiger partial charge in [-0.05, 0) is 53.6 Å². The summed E-state index contributed by atoms with van der Waals surface area (Å²) < 4.78 is 141. The van der Waals surface area contributed by atoms with E-state index in [1.807, 2.05) is 0 Å². The van der Waals surface area contributed by atoms with E-state index in [0.717, 1.165) is 12.3 Å². The van der Waals surface area contributed by atoms with Crippen LogP contribution in [0.4, 0.5) is 0 Å². The summed E-state index contributed by atoms with van der Waals surface area (Å²) in [6.07, 6.45) is 3.77. The minimum absolute atomic E-state index is 0.00299. The first-order valence-corrected chi connectivity index (χ1v) is 10.7. The highest BCUT2D eigenvalue weighted by molar-refractivity contribution is 6.14. The van der Waals surface area contributed by atoms with Crippen LogP contribution in [0.3, 0.4) is 0 Å². The number of hydrogen-bond acceptors (Lipinski definition) is 2. The molecule has 0 radical (unpaired) electrons. The summed E-state index contributed by atoms with van der Waals surface area (Å²) in [5.41, 5.74) is -1.81. The van der Waals surface area contributed by atoms with Crippen molar-refractivity contribution >= 4 is 21.9 Å². The molecule has 3 heterocycles. The van der Waals surface area contributed by atoms with Crippen molar-refractivity contribution in [1.82, 2.24) is 4.98 Å². The van der Waals surface area contributed by atoms with E-state index >= 15 is 0 Å². The number of aromatic nitrogens is 2. The van der Waals surface area contributed by atoms with Gasteiger partial charge in [-0.25, -0.2) is 4.57 Å². The topological polar surface area (TPSA) is 29.9 Å². The molecule has 6 rings (SSSR count). The highest BCUT2D eigenvalue weighted by atomic mass is 16.3. The number of furan rings is 1. The summed E-state index contributed by atoms with van der Waals surface area (Å²) >= 11 is 0. The van der Waals surface area contributed by atoms with E-state index in [2.05, 4.69) is 4.98 Å². The minimum Gasteiger partial charge on any atom is -0.454 e. The van der Waals surface area contributed by atoms with Crippen LogP contribution >= 0.6 is 0 Å². The Balaban J connectivity index is 1.76. The summed E-state index contributed by atoms with van der Waals surface area (Å²) in [6, 6.07) is 9.14. The summed E-state index contributed by atoms with van der Waals surface area (Å²) in [5.74, 6) is -3.34. The first kappa shape index (κ1) is 10.0. The molecule has 2 aromatic carbocycles. The molecule has 0 bridgehead atoms. The fourth-order valence-electron chi connectivity index (χ4n) is 5.06. The van der Waals surface area contributed by atoms with Crippen molar-refractivity contribution in [3.8, 4) is 22.4 Å². The van der Waals surface area contributed by atoms with E-state index in [0.29, 0.717) is 27.5 Å². The van der Waals surface area contributed by atoms with Gasteiger partial charge in [-0.3, -0.25) is 4.98 Å². The fraction of sp³-hybridized carbons (Fsp3) is 0.290. The number of fused-ring (bicyclic) bond motifs is 7. The quantitative estimate of drug-likeness (QED) is 0.253. The van der Waals surface area contributed by atoms with E-state index in [-0.39, 0.29) is 33.6 Å². The molecule has 0 atom stereocenters. The van der Waals surface area contributed by atoms with E-state index in [9.17, 15) is 0 Å². The lowest BCUT2D eigenvalue weighted by molar-refractivity contribution is -0.660. The van der Waals surface area contributed by atoms with Crippen LogP contribution in [0.25, 0.3) is 44.3 Å². The maximum Gasteiger partial charge on any atom is 0.216 e. The van der Waals surface area contributed by atoms with E-state index in [1.54, 1.807) is 25.1 Å². The molecular formula is C31H31N2O+. The van der Waals surface area contributed by atoms with Crippen LogP contribution in [-0.4, -0.2) is 4.98 Å². The lowest BCUT2D eigenvalue weighted by Gasteiger charge is -2.20. The second-order valence-electron chi connectivity index (χ2n) is 8.74. The maximum atomic E-state index is 8.91. The Labute approximate surface area is 223 Å². The molecule has 1 aliphatic rings. The Kier molecular flexibility index (Phi) is 2.07. The predicted molar refractivity (Wildman–Crippen MR) is 139 cm³/mol. The second-order valence-corrected chi connectivity index (χ2v) is 8.74. The molecule has 170 valence electrons. The molecule has 0 aliphatic heterocycles. The summed E-state index contributed by atoms with van der Waals surface area (Å²) in [4.78, 5) is 4.08. The van der Waals surface area contributed by atoms with Crippen LogP contribution in [0.15, 0.2) is 59.4 Å². The third-order valence-corrected chi connectivity index (χ3v) is 6.72. The Morgan fingerprint density at radius 1 is 1.00 bits per heavy atom. The zero-order valence-corrected chi connectivity index (χ0v) is 18.5. The fourth-order valence-corrected chi connectivity index (χ4v) is 5.06. The summed E-state index contributed by atoms with van der Waals surface area (Å²) in [5, 5.41) is 1.00. The molecular weight excluding hydrogens is 416 g/mol. The normalized spacial score (nSPS) is 23.4. The average molecular weight is 464 g/mol. The van der Waals surface area contributed by atoms with Crippen molar-refractivity contribution in [2.45, 2.75) is 52.5 Å². The molecule has 34 heavy (non-hydrogen) atoms. The van der Waals surface area contributed by atoms with Crippen LogP contribution < -0.4 is 4.57 Å². The van der Waals surface area contributed by atoms with Crippen molar-refractivity contribution in [3.63, 3.8) is 0 Å². The van der Waals surface area contributed by atoms with Gasteiger partial charge in [-0.2, -0.15) is 0 Å². The molecule has 0 spiro atoms. The Morgan fingerprint density at radius 3 is 2.56 bits per heavy atom. The Morgan fingerprint density at radius 2 is 1.79 bits per heavy atom. The molecule has 0 amide bonds. The number of aryl methyl sites for hydroxylation is 3. The molecule has 3 nitrogen and oxygen atoms in total. The first-order valence-electron chi connectivity index (χ1n) is 18.7. The highest BCUT2D eigenvalue weighted by Crippen LogP contribution is 2.52. The maximum absolute atomic E-state index is 8.91. The number of pyridine rings is 2. The summed E-state index contributed by atoms with van der Waals surface area (Å²) in [6.45, 7) is -14.3. The van der Waals surface area contributed by atoms with Crippen molar-refractivity contribution < 1.29 is 30.9 Å². The van der Waals surface area contributed by atoms with E-state index < -0.39 is 56.7 Å². The molecule has 1 aliphatic carbocycles. The van der Waals surface area contributed by atoms with Crippen LogP contribution in [0, 0.1) is 13.8 Å². The number of nitrogens with zero attached hydrogens (tertiary/aromatic N) is 2. The minimum atomic E-state index is -3.48. The molecule has 0 fully saturated rings. The molecule has 0 saturated carbocycles. The van der Waals surface area contributed by atoms with Gasteiger partial charge in [0.05, 0.1) is 5.56 Å². The van der Waals surface area contributed by atoms with Crippen molar-refractivity contribution in [2.75, 3.05) is 0 Å². The van der Waals surface area contributed by atoms with Gasteiger partial charge in [-0.1, -0.05) is 51.7 Å². The molecule has 0 saturated heterocycles. The predicted octanol–water partition coefficient (Wildman–Crippen LogP) is 7.52. The third kappa shape index (κ3) is 2.70. The third-order valence-electron chi connectivity index (χ3n) is 6.72. The zero-order valence-electron chi connectivity index (χ0n) is 34.5. The van der Waals surface area contributed by atoms with Gasteiger partial charge in [0.15, 0.2) is 6.20 Å². The second kappa shape index (κ2) is 7.02. The largest absolute Gasteiger partial charge is 0.454 e. The SMILES string of the molecule is [2H]C([2H])([2H])c1c[n+](C)c(-c2c(C)ccc3c2oc2c4c(ccc23)C(C([2H])([2H])[2H])(C([2H])([2H])[2H])c2cnccc2-4)cc1C([2H])(C([2H])([2H])[2H])C([2H])([2H])[2H]. The van der Waals surface area contributed by atoms with E-state index in [4.69, 9.17) is 26.3 Å². The van der Waals surface area contributed by atoms with Gasteiger partial charge in [0.1, 0.15) is 18.2 Å². The van der Waals surface area contributed by atoms with Crippen LogP contribution in [0.5, 0.6) is 0 Å². The van der Waals surface area contributed by atoms with Crippen molar-refractivity contribution in [1.29, 1.82) is 0 Å². The van der Waals surface area contributed by atoms with Crippen LogP contribution in [0.2, 0.25) is 0 Å². The number of hydrogen-bond donors (Lipinski definition) is 0. The average Bonchev–Trinajstić information content (AvgIpc) is 3.48. The monoisotopic (exact) mass is 463 g/mol. The van der Waals surface area contributed by atoms with Crippen molar-refractivity contribution in [3.05, 3.63) is 82.8 Å². The van der Waals surface area contributed by atoms with Crippen LogP contribution in [-0.2, 0) is 12.5 Å². The molecule has 3 heteroatoms. The summed E-state index contributed by atoms with van der Waals surface area (Å²) in [7, 11) is 1.49. The van der Waals surface area contributed by atoms with Gasteiger partial charge >= 0.3 is 0 Å². The Bertz CT molecular complexity index is 2170. The molecule has 0 unspecified atom stereocenters. The standard InChI is InChI=1S/C31H31N2O/c1-17(2)23-14-26(33(7)16-19(23)4)27-18(3)8-9-20-21-10-11-24-28(30(21)34-29(20)27)22-12-13-32-15-25(22)31(24,5)6/h8-17H,1-7H3/q+1/i1D3,2D3,4D3,5D3,6D3,17D. The Hall–Kier alpha value is -3.46. The zero-order chi connectivity index (χ0) is 37.4. The number of rotatable bonds is 2. The first-order chi connectivity index (χ1) is 22.7. The van der Waals surface area contributed by atoms with Gasteiger partial charge in [-0.15, -0.1) is 0 Å². The van der Waals surface area contributed by atoms with Crippen LogP contribution in [0.1, 0.15) is 83.1 Å². The van der Waals surface area contributed by atoms with E-state index in [1.165, 1.54) is 36.1 Å². The molecule has 5 aromatic rings. The smallest absolute Gasteiger partial charge is 0.216 e. The molecule has 0 N–H and O–H groups in total. The number of benzene rings is 2.